The summed E-state index contributed by atoms with van der Waals surface area (Å²) in [5.74, 6) is 1.06. The monoisotopic (exact) mass is 244 g/mol. The quantitative estimate of drug-likeness (QED) is 0.680. The van der Waals surface area contributed by atoms with Gasteiger partial charge in [-0.05, 0) is 54.7 Å². The molecule has 0 unspecified atom stereocenters. The van der Waals surface area contributed by atoms with Crippen molar-refractivity contribution in [3.05, 3.63) is 34.4 Å². The van der Waals surface area contributed by atoms with Gasteiger partial charge in [0.1, 0.15) is 0 Å². The first-order chi connectivity index (χ1) is 8.69. The Morgan fingerprint density at radius 2 is 1.61 bits per heavy atom. The SMILES string of the molecule is CCc1cc(CC)c(C(=O)CC2CC2)c(CC)c1. The van der Waals surface area contributed by atoms with Crippen LogP contribution in [0.25, 0.3) is 0 Å². The highest BCUT2D eigenvalue weighted by molar-refractivity contribution is 5.99. The molecule has 1 aromatic rings. The fraction of sp³-hybridized carbons (Fsp3) is 0.588. The van der Waals surface area contributed by atoms with Crippen LogP contribution in [0.1, 0.15) is 67.1 Å². The standard InChI is InChI=1S/C17H24O/c1-4-12-9-14(5-2)17(15(6-3)10-12)16(18)11-13-7-8-13/h9-10,13H,4-8,11H2,1-3H3. The maximum absolute atomic E-state index is 12.5. The van der Waals surface area contributed by atoms with Gasteiger partial charge in [0.25, 0.3) is 0 Å². The summed E-state index contributed by atoms with van der Waals surface area (Å²) in [7, 11) is 0. The van der Waals surface area contributed by atoms with Crippen LogP contribution in [-0.4, -0.2) is 5.78 Å². The average molecular weight is 244 g/mol. The van der Waals surface area contributed by atoms with Gasteiger partial charge >= 0.3 is 0 Å². The summed E-state index contributed by atoms with van der Waals surface area (Å²) < 4.78 is 0. The van der Waals surface area contributed by atoms with Gasteiger partial charge in [-0.3, -0.25) is 4.79 Å². The molecule has 0 N–H and O–H groups in total. The van der Waals surface area contributed by atoms with E-state index in [1.54, 1.807) is 0 Å². The Kier molecular flexibility index (Phi) is 4.21. The van der Waals surface area contributed by atoms with E-state index in [9.17, 15) is 4.79 Å². The van der Waals surface area contributed by atoms with Crippen molar-refractivity contribution >= 4 is 5.78 Å². The third-order valence-electron chi connectivity index (χ3n) is 3.98. The predicted molar refractivity (Wildman–Crippen MR) is 76.2 cm³/mol. The maximum atomic E-state index is 12.5. The lowest BCUT2D eigenvalue weighted by Crippen LogP contribution is -2.09. The molecule has 0 spiro atoms. The highest BCUT2D eigenvalue weighted by atomic mass is 16.1. The second-order valence-electron chi connectivity index (χ2n) is 5.42. The third kappa shape index (κ3) is 2.82. The largest absolute Gasteiger partial charge is 0.294 e. The molecule has 1 nitrogen and oxygen atoms in total. The van der Waals surface area contributed by atoms with E-state index in [1.165, 1.54) is 29.5 Å². The molecule has 2 rings (SSSR count). The van der Waals surface area contributed by atoms with E-state index in [-0.39, 0.29) is 0 Å². The first-order valence-electron chi connectivity index (χ1n) is 7.37. The van der Waals surface area contributed by atoms with Crippen molar-refractivity contribution < 1.29 is 4.79 Å². The Bertz CT molecular complexity index is 416. The van der Waals surface area contributed by atoms with Crippen LogP contribution in [0.3, 0.4) is 0 Å². The Morgan fingerprint density at radius 1 is 1.06 bits per heavy atom. The number of aryl methyl sites for hydroxylation is 3. The first-order valence-corrected chi connectivity index (χ1v) is 7.37. The first kappa shape index (κ1) is 13.3. The summed E-state index contributed by atoms with van der Waals surface area (Å²) in [6.45, 7) is 6.49. The van der Waals surface area contributed by atoms with E-state index >= 15 is 0 Å². The zero-order valence-electron chi connectivity index (χ0n) is 11.9. The second kappa shape index (κ2) is 5.69. The fourth-order valence-corrected chi connectivity index (χ4v) is 2.65. The van der Waals surface area contributed by atoms with E-state index in [0.717, 1.165) is 31.2 Å². The van der Waals surface area contributed by atoms with Gasteiger partial charge in [0.2, 0.25) is 0 Å². The van der Waals surface area contributed by atoms with Gasteiger partial charge in [-0.25, -0.2) is 0 Å². The summed E-state index contributed by atoms with van der Waals surface area (Å²) >= 11 is 0. The molecule has 1 saturated carbocycles. The van der Waals surface area contributed by atoms with Crippen molar-refractivity contribution in [2.24, 2.45) is 5.92 Å². The van der Waals surface area contributed by atoms with Crippen LogP contribution in [0, 0.1) is 5.92 Å². The molecule has 1 aliphatic rings. The van der Waals surface area contributed by atoms with Gasteiger partial charge in [-0.2, -0.15) is 0 Å². The Balaban J connectivity index is 2.38. The molecule has 1 aliphatic carbocycles. The van der Waals surface area contributed by atoms with Crippen LogP contribution in [0.15, 0.2) is 12.1 Å². The fourth-order valence-electron chi connectivity index (χ4n) is 2.65. The Labute approximate surface area is 111 Å². The number of hydrogen-bond donors (Lipinski definition) is 0. The summed E-state index contributed by atoms with van der Waals surface area (Å²) in [5.41, 5.74) is 4.93. The molecule has 1 fully saturated rings. The van der Waals surface area contributed by atoms with E-state index in [0.29, 0.717) is 11.7 Å². The minimum atomic E-state index is 0.383. The van der Waals surface area contributed by atoms with Gasteiger partial charge in [0.05, 0.1) is 0 Å². The lowest BCUT2D eigenvalue weighted by molar-refractivity contribution is 0.0974. The van der Waals surface area contributed by atoms with Crippen molar-refractivity contribution in [2.45, 2.75) is 59.3 Å². The zero-order valence-corrected chi connectivity index (χ0v) is 11.9. The molecule has 1 heteroatoms. The number of rotatable bonds is 6. The molecule has 0 atom stereocenters. The van der Waals surface area contributed by atoms with Crippen LogP contribution in [0.4, 0.5) is 0 Å². The minimum absolute atomic E-state index is 0.383. The van der Waals surface area contributed by atoms with E-state index < -0.39 is 0 Å². The summed E-state index contributed by atoms with van der Waals surface area (Å²) in [5, 5.41) is 0. The summed E-state index contributed by atoms with van der Waals surface area (Å²) in [6, 6.07) is 4.47. The number of benzene rings is 1. The van der Waals surface area contributed by atoms with Gasteiger partial charge in [0, 0.05) is 12.0 Å². The number of ketones is 1. The van der Waals surface area contributed by atoms with Gasteiger partial charge in [-0.1, -0.05) is 32.9 Å². The van der Waals surface area contributed by atoms with Crippen molar-refractivity contribution in [3.63, 3.8) is 0 Å². The molecule has 0 saturated heterocycles. The normalized spacial score (nSPS) is 14.8. The zero-order chi connectivity index (χ0) is 13.1. The van der Waals surface area contributed by atoms with Gasteiger partial charge in [-0.15, -0.1) is 0 Å². The smallest absolute Gasteiger partial charge is 0.163 e. The maximum Gasteiger partial charge on any atom is 0.163 e. The Hall–Kier alpha value is -1.11. The third-order valence-corrected chi connectivity index (χ3v) is 3.98. The van der Waals surface area contributed by atoms with Gasteiger partial charge in [0.15, 0.2) is 5.78 Å². The molecular weight excluding hydrogens is 220 g/mol. The summed E-state index contributed by atoms with van der Waals surface area (Å²) in [6.07, 6.45) is 6.26. The molecule has 0 aromatic heterocycles. The lowest BCUT2D eigenvalue weighted by atomic mass is 9.89. The van der Waals surface area contributed by atoms with Crippen LogP contribution >= 0.6 is 0 Å². The predicted octanol–water partition coefficient (Wildman–Crippen LogP) is 4.36. The number of carbonyl (C=O) groups is 1. The number of carbonyl (C=O) groups excluding carboxylic acids is 1. The molecular formula is C17H24O. The Morgan fingerprint density at radius 3 is 2.00 bits per heavy atom. The van der Waals surface area contributed by atoms with Crippen LogP contribution in [-0.2, 0) is 19.3 Å². The molecule has 98 valence electrons. The average Bonchev–Trinajstić information content (AvgIpc) is 3.20. The van der Waals surface area contributed by atoms with Gasteiger partial charge < -0.3 is 0 Å². The molecule has 18 heavy (non-hydrogen) atoms. The van der Waals surface area contributed by atoms with E-state index in [2.05, 4.69) is 32.9 Å². The summed E-state index contributed by atoms with van der Waals surface area (Å²) in [4.78, 5) is 12.5. The minimum Gasteiger partial charge on any atom is -0.294 e. The van der Waals surface area contributed by atoms with Crippen molar-refractivity contribution in [2.75, 3.05) is 0 Å². The van der Waals surface area contributed by atoms with Crippen molar-refractivity contribution in [1.82, 2.24) is 0 Å². The molecule has 0 amide bonds. The van der Waals surface area contributed by atoms with Crippen LogP contribution < -0.4 is 0 Å². The van der Waals surface area contributed by atoms with Crippen LogP contribution in [0.2, 0.25) is 0 Å². The van der Waals surface area contributed by atoms with E-state index in [1.807, 2.05) is 0 Å². The number of Topliss-reactive ketones (excluding diaryl/α,β-unsaturated/α-hetero) is 1. The highest BCUT2D eigenvalue weighted by Crippen LogP contribution is 2.34. The van der Waals surface area contributed by atoms with Crippen LogP contribution in [0.5, 0.6) is 0 Å². The lowest BCUT2D eigenvalue weighted by Gasteiger charge is -2.14. The molecule has 0 bridgehead atoms. The van der Waals surface area contributed by atoms with E-state index in [4.69, 9.17) is 0 Å². The topological polar surface area (TPSA) is 17.1 Å². The number of hydrogen-bond acceptors (Lipinski definition) is 1. The molecule has 0 aliphatic heterocycles. The molecule has 1 aromatic carbocycles. The van der Waals surface area contributed by atoms with Crippen molar-refractivity contribution in [3.8, 4) is 0 Å². The molecule has 0 radical (unpaired) electrons. The second-order valence-corrected chi connectivity index (χ2v) is 5.42. The highest BCUT2D eigenvalue weighted by Gasteiger charge is 2.26. The van der Waals surface area contributed by atoms with Crippen molar-refractivity contribution in [1.29, 1.82) is 0 Å². The molecule has 0 heterocycles.